The first-order chi connectivity index (χ1) is 15.8. The van der Waals surface area contributed by atoms with Gasteiger partial charge in [0.1, 0.15) is 0 Å². The standard InChI is InChI=1S/C25H28F3N3O3/c1-16-13-31(20-12-8-5-9-17(20)21(16)32)15-24(34,25(26,27)28)14-23(2,3)18-10-6-7-11-19(18)30-22(33)29-4/h5-13,34H,14-15H2,1-4H3,(H2,29,30,33). The average Bonchev–Trinajstić information content (AvgIpc) is 2.76. The van der Waals surface area contributed by atoms with Gasteiger partial charge in [0, 0.05) is 29.9 Å². The maximum absolute atomic E-state index is 14.4. The summed E-state index contributed by atoms with van der Waals surface area (Å²) < 4.78 is 44.4. The van der Waals surface area contributed by atoms with E-state index in [9.17, 15) is 27.9 Å². The van der Waals surface area contributed by atoms with Crippen LogP contribution in [0.25, 0.3) is 10.9 Å². The number of carbonyl (C=O) groups is 1. The zero-order valence-corrected chi connectivity index (χ0v) is 19.5. The molecular weight excluding hydrogens is 447 g/mol. The van der Waals surface area contributed by atoms with E-state index in [0.717, 1.165) is 0 Å². The van der Waals surface area contributed by atoms with E-state index in [0.29, 0.717) is 16.8 Å². The first kappa shape index (κ1) is 25.3. The molecule has 1 heterocycles. The summed E-state index contributed by atoms with van der Waals surface area (Å²) in [6.07, 6.45) is -4.31. The molecule has 182 valence electrons. The van der Waals surface area contributed by atoms with Crippen molar-refractivity contribution in [3.05, 3.63) is 76.1 Å². The van der Waals surface area contributed by atoms with Gasteiger partial charge in [0.15, 0.2) is 11.0 Å². The number of pyridine rings is 1. The highest BCUT2D eigenvalue weighted by molar-refractivity contribution is 5.90. The number of aryl methyl sites for hydroxylation is 1. The molecule has 0 aliphatic heterocycles. The number of aliphatic hydroxyl groups is 1. The molecule has 3 rings (SSSR count). The van der Waals surface area contributed by atoms with Crippen LogP contribution in [0.15, 0.2) is 59.5 Å². The highest BCUT2D eigenvalue weighted by Crippen LogP contribution is 2.44. The summed E-state index contributed by atoms with van der Waals surface area (Å²) in [5, 5.41) is 16.4. The normalized spacial score (nSPS) is 14.0. The fourth-order valence-electron chi connectivity index (χ4n) is 4.34. The molecule has 1 aromatic heterocycles. The lowest BCUT2D eigenvalue weighted by Crippen LogP contribution is -2.52. The van der Waals surface area contributed by atoms with E-state index in [1.807, 2.05) is 0 Å². The van der Waals surface area contributed by atoms with Crippen molar-refractivity contribution >= 4 is 22.6 Å². The Kier molecular flexibility index (Phi) is 6.80. The van der Waals surface area contributed by atoms with E-state index in [2.05, 4.69) is 10.6 Å². The largest absolute Gasteiger partial charge is 0.418 e. The fraction of sp³-hybridized carbons (Fsp3) is 0.360. The number of rotatable bonds is 6. The topological polar surface area (TPSA) is 83.4 Å². The van der Waals surface area contributed by atoms with Gasteiger partial charge in [-0.3, -0.25) is 4.79 Å². The van der Waals surface area contributed by atoms with Crippen LogP contribution in [0.2, 0.25) is 0 Å². The van der Waals surface area contributed by atoms with Crippen LogP contribution in [0, 0.1) is 6.92 Å². The molecule has 0 spiro atoms. The molecule has 2 amide bonds. The van der Waals surface area contributed by atoms with Crippen LogP contribution in [0.1, 0.15) is 31.4 Å². The van der Waals surface area contributed by atoms with Gasteiger partial charge in [-0.1, -0.05) is 44.2 Å². The molecule has 2 aromatic carbocycles. The molecule has 0 aliphatic rings. The molecular formula is C25H28F3N3O3. The highest BCUT2D eigenvalue weighted by atomic mass is 19.4. The van der Waals surface area contributed by atoms with Gasteiger partial charge in [-0.2, -0.15) is 13.2 Å². The smallest absolute Gasteiger partial charge is 0.379 e. The number of nitrogens with one attached hydrogen (secondary N) is 2. The Hall–Kier alpha value is -3.33. The Balaban J connectivity index is 2.08. The van der Waals surface area contributed by atoms with Gasteiger partial charge in [0.25, 0.3) is 0 Å². The summed E-state index contributed by atoms with van der Waals surface area (Å²) in [5.74, 6) is 0. The van der Waals surface area contributed by atoms with Gasteiger partial charge in [-0.25, -0.2) is 4.79 Å². The first-order valence-corrected chi connectivity index (χ1v) is 10.8. The SMILES string of the molecule is CNC(=O)Nc1ccccc1C(C)(C)CC(O)(Cn1cc(C)c(=O)c2ccccc21)C(F)(F)F. The monoisotopic (exact) mass is 475 g/mol. The van der Waals surface area contributed by atoms with E-state index in [1.54, 1.807) is 62.4 Å². The second-order valence-corrected chi connectivity index (χ2v) is 9.13. The summed E-state index contributed by atoms with van der Waals surface area (Å²) in [4.78, 5) is 24.3. The number of amides is 2. The van der Waals surface area contributed by atoms with Crippen LogP contribution in [0.3, 0.4) is 0 Å². The molecule has 0 bridgehead atoms. The summed E-state index contributed by atoms with van der Waals surface area (Å²) in [7, 11) is 1.43. The maximum atomic E-state index is 14.4. The Morgan fingerprint density at radius 1 is 1.06 bits per heavy atom. The molecule has 0 saturated carbocycles. The van der Waals surface area contributed by atoms with E-state index in [4.69, 9.17) is 0 Å². The molecule has 9 heteroatoms. The van der Waals surface area contributed by atoms with E-state index >= 15 is 0 Å². The van der Waals surface area contributed by atoms with Gasteiger partial charge in [0.2, 0.25) is 0 Å². The molecule has 34 heavy (non-hydrogen) atoms. The molecule has 0 fully saturated rings. The maximum Gasteiger partial charge on any atom is 0.418 e. The Bertz CT molecular complexity index is 1270. The predicted octanol–water partition coefficient (Wildman–Crippen LogP) is 4.72. The molecule has 3 N–H and O–H groups in total. The molecule has 0 aliphatic carbocycles. The number of aromatic nitrogens is 1. The van der Waals surface area contributed by atoms with E-state index in [1.165, 1.54) is 24.7 Å². The minimum atomic E-state index is -4.97. The first-order valence-electron chi connectivity index (χ1n) is 10.8. The van der Waals surface area contributed by atoms with Gasteiger partial charge in [-0.15, -0.1) is 0 Å². The third-order valence-corrected chi connectivity index (χ3v) is 5.99. The number of para-hydroxylation sites is 2. The Morgan fingerprint density at radius 3 is 2.32 bits per heavy atom. The lowest BCUT2D eigenvalue weighted by atomic mass is 9.74. The lowest BCUT2D eigenvalue weighted by Gasteiger charge is -2.39. The van der Waals surface area contributed by atoms with Crippen LogP contribution < -0.4 is 16.1 Å². The van der Waals surface area contributed by atoms with Crippen molar-refractivity contribution in [3.63, 3.8) is 0 Å². The van der Waals surface area contributed by atoms with Crippen molar-refractivity contribution in [1.29, 1.82) is 0 Å². The number of carbonyl (C=O) groups excluding carboxylic acids is 1. The quantitative estimate of drug-likeness (QED) is 0.482. The minimum Gasteiger partial charge on any atom is -0.379 e. The lowest BCUT2D eigenvalue weighted by molar-refractivity contribution is -0.271. The van der Waals surface area contributed by atoms with Crippen LogP contribution in [0.4, 0.5) is 23.7 Å². The number of nitrogens with zero attached hydrogens (tertiary/aromatic N) is 1. The second kappa shape index (κ2) is 9.13. The molecule has 0 saturated heterocycles. The minimum absolute atomic E-state index is 0.267. The van der Waals surface area contributed by atoms with Crippen LogP contribution >= 0.6 is 0 Å². The van der Waals surface area contributed by atoms with Crippen molar-refractivity contribution in [2.75, 3.05) is 12.4 Å². The molecule has 1 atom stereocenters. The molecule has 0 radical (unpaired) electrons. The number of benzene rings is 2. The number of halogens is 3. The van der Waals surface area contributed by atoms with Crippen LogP contribution in [-0.2, 0) is 12.0 Å². The molecule has 1 unspecified atom stereocenters. The number of urea groups is 1. The van der Waals surface area contributed by atoms with Crippen molar-refractivity contribution in [2.45, 2.75) is 50.9 Å². The predicted molar refractivity (Wildman–Crippen MR) is 126 cm³/mol. The average molecular weight is 476 g/mol. The third kappa shape index (κ3) is 4.94. The molecule has 3 aromatic rings. The number of fused-ring (bicyclic) bond motifs is 1. The van der Waals surface area contributed by atoms with E-state index in [-0.39, 0.29) is 16.4 Å². The van der Waals surface area contributed by atoms with Crippen molar-refractivity contribution in [1.82, 2.24) is 9.88 Å². The van der Waals surface area contributed by atoms with Crippen LogP contribution in [0.5, 0.6) is 0 Å². The van der Waals surface area contributed by atoms with Gasteiger partial charge >= 0.3 is 12.2 Å². The Morgan fingerprint density at radius 2 is 1.68 bits per heavy atom. The van der Waals surface area contributed by atoms with E-state index < -0.39 is 36.2 Å². The number of hydrogen-bond donors (Lipinski definition) is 3. The third-order valence-electron chi connectivity index (χ3n) is 5.99. The zero-order chi connectivity index (χ0) is 25.3. The van der Waals surface area contributed by atoms with Crippen molar-refractivity contribution in [3.8, 4) is 0 Å². The number of hydrogen-bond acceptors (Lipinski definition) is 3. The summed E-state index contributed by atoms with van der Waals surface area (Å²) in [5.41, 5.74) is -3.20. The van der Waals surface area contributed by atoms with Gasteiger partial charge < -0.3 is 20.3 Å². The van der Waals surface area contributed by atoms with Crippen molar-refractivity contribution in [2.24, 2.45) is 0 Å². The number of alkyl halides is 3. The van der Waals surface area contributed by atoms with Crippen molar-refractivity contribution < 1.29 is 23.1 Å². The highest BCUT2D eigenvalue weighted by Gasteiger charge is 2.56. The van der Waals surface area contributed by atoms with Gasteiger partial charge in [0.05, 0.1) is 12.1 Å². The summed E-state index contributed by atoms with van der Waals surface area (Å²) in [6, 6.07) is 12.4. The zero-order valence-electron chi connectivity index (χ0n) is 19.5. The summed E-state index contributed by atoms with van der Waals surface area (Å²) in [6.45, 7) is 3.90. The molecule has 6 nitrogen and oxygen atoms in total. The Labute approximate surface area is 195 Å². The summed E-state index contributed by atoms with van der Waals surface area (Å²) >= 11 is 0. The second-order valence-electron chi connectivity index (χ2n) is 9.13. The van der Waals surface area contributed by atoms with Gasteiger partial charge in [-0.05, 0) is 42.5 Å². The fourth-order valence-corrected chi connectivity index (χ4v) is 4.34. The number of anilines is 1. The van der Waals surface area contributed by atoms with Crippen LogP contribution in [-0.4, -0.2) is 34.5 Å².